The Morgan fingerprint density at radius 3 is 2.43 bits per heavy atom. The first-order chi connectivity index (χ1) is 14.7. The minimum atomic E-state index is 0.579. The van der Waals surface area contributed by atoms with Crippen LogP contribution in [0.25, 0.3) is 0 Å². The van der Waals surface area contributed by atoms with Gasteiger partial charge in [-0.25, -0.2) is 4.68 Å². The maximum Gasteiger partial charge on any atom is 0.199 e. The van der Waals surface area contributed by atoms with Crippen LogP contribution in [-0.4, -0.2) is 45.4 Å². The molecule has 1 saturated heterocycles. The first-order valence-corrected chi connectivity index (χ1v) is 11.3. The zero-order valence-corrected chi connectivity index (χ0v) is 18.4. The van der Waals surface area contributed by atoms with Crippen molar-refractivity contribution < 1.29 is 0 Å². The van der Waals surface area contributed by atoms with Crippen LogP contribution in [0.5, 0.6) is 0 Å². The van der Waals surface area contributed by atoms with Crippen molar-refractivity contribution in [3.63, 3.8) is 0 Å². The molecule has 2 aliphatic rings. The molecule has 2 fully saturated rings. The molecule has 0 amide bonds. The molecule has 3 aromatic rings. The average Bonchev–Trinajstić information content (AvgIpc) is 3.57. The van der Waals surface area contributed by atoms with E-state index in [1.165, 1.54) is 35.5 Å². The average molecular weight is 420 g/mol. The van der Waals surface area contributed by atoms with Crippen molar-refractivity contribution in [2.75, 3.05) is 31.1 Å². The van der Waals surface area contributed by atoms with Crippen molar-refractivity contribution in [1.82, 2.24) is 19.2 Å². The van der Waals surface area contributed by atoms with Crippen molar-refractivity contribution in [1.29, 1.82) is 0 Å². The van der Waals surface area contributed by atoms with Crippen molar-refractivity contribution in [2.45, 2.75) is 38.9 Å². The summed E-state index contributed by atoms with van der Waals surface area (Å²) in [6, 6.07) is 19.4. The lowest BCUT2D eigenvalue weighted by Crippen LogP contribution is -2.47. The lowest BCUT2D eigenvalue weighted by molar-refractivity contribution is 0.194. The van der Waals surface area contributed by atoms with Crippen molar-refractivity contribution >= 4 is 17.9 Å². The Hall–Kier alpha value is -2.44. The molecule has 0 spiro atoms. The predicted octanol–water partition coefficient (Wildman–Crippen LogP) is 4.43. The van der Waals surface area contributed by atoms with E-state index in [0.29, 0.717) is 5.92 Å². The lowest BCUT2D eigenvalue weighted by Gasteiger charge is -2.36. The van der Waals surface area contributed by atoms with Gasteiger partial charge in [-0.15, -0.1) is 0 Å². The smallest absolute Gasteiger partial charge is 0.199 e. The van der Waals surface area contributed by atoms with E-state index in [2.05, 4.69) is 75.9 Å². The van der Waals surface area contributed by atoms with Gasteiger partial charge in [-0.1, -0.05) is 42.5 Å². The van der Waals surface area contributed by atoms with Gasteiger partial charge < -0.3 is 4.90 Å². The van der Waals surface area contributed by atoms with E-state index in [4.69, 9.17) is 17.3 Å². The van der Waals surface area contributed by atoms with Crippen molar-refractivity contribution in [2.24, 2.45) is 0 Å². The Morgan fingerprint density at radius 2 is 1.73 bits per heavy atom. The molecule has 1 aliphatic heterocycles. The molecule has 30 heavy (non-hydrogen) atoms. The fraction of sp³-hybridized carbons (Fsp3) is 0.417. The second-order valence-electron chi connectivity index (χ2n) is 8.57. The van der Waals surface area contributed by atoms with Crippen molar-refractivity contribution in [3.8, 4) is 0 Å². The van der Waals surface area contributed by atoms with Crippen LogP contribution in [-0.2, 0) is 13.2 Å². The van der Waals surface area contributed by atoms with Gasteiger partial charge in [0.15, 0.2) is 4.77 Å². The molecule has 0 N–H and O–H groups in total. The van der Waals surface area contributed by atoms with E-state index >= 15 is 0 Å². The van der Waals surface area contributed by atoms with Crippen LogP contribution >= 0.6 is 12.2 Å². The molecule has 5 nitrogen and oxygen atoms in total. The van der Waals surface area contributed by atoms with Crippen molar-refractivity contribution in [3.05, 3.63) is 76.3 Å². The van der Waals surface area contributed by atoms with Gasteiger partial charge in [0, 0.05) is 37.8 Å². The van der Waals surface area contributed by atoms with Crippen LogP contribution in [0.1, 0.15) is 35.7 Å². The molecular weight excluding hydrogens is 390 g/mol. The minimum absolute atomic E-state index is 0.579. The number of aryl methyl sites for hydroxylation is 1. The fourth-order valence-electron chi connectivity index (χ4n) is 4.27. The van der Waals surface area contributed by atoms with E-state index in [9.17, 15) is 0 Å². The molecule has 2 aromatic carbocycles. The molecule has 0 bridgehead atoms. The lowest BCUT2D eigenvalue weighted by atomic mass is 10.2. The first-order valence-electron chi connectivity index (χ1n) is 10.9. The SMILES string of the molecule is Cc1cccc(N2CCN(Cn3nc(C4CC4)n(Cc4ccccc4)c3=S)CC2)c1. The second-order valence-corrected chi connectivity index (χ2v) is 8.94. The standard InChI is InChI=1S/C24H29N5S/c1-19-6-5-9-22(16-19)27-14-12-26(13-15-27)18-29-24(30)28(23(25-29)21-10-11-21)17-20-7-3-2-4-8-20/h2-9,16,21H,10-15,17-18H2,1H3. The molecule has 0 atom stereocenters. The van der Waals surface area contributed by atoms with Gasteiger partial charge in [0.05, 0.1) is 13.2 Å². The maximum atomic E-state index is 5.87. The number of benzene rings is 2. The number of nitrogens with zero attached hydrogens (tertiary/aromatic N) is 5. The predicted molar refractivity (Wildman–Crippen MR) is 124 cm³/mol. The van der Waals surface area contributed by atoms with Gasteiger partial charge >= 0.3 is 0 Å². The molecule has 0 unspecified atom stereocenters. The zero-order valence-electron chi connectivity index (χ0n) is 17.6. The van der Waals surface area contributed by atoms with Gasteiger partial charge in [0.2, 0.25) is 0 Å². The summed E-state index contributed by atoms with van der Waals surface area (Å²) in [7, 11) is 0. The minimum Gasteiger partial charge on any atom is -0.369 e. The Labute approximate surface area is 183 Å². The van der Waals surface area contributed by atoms with Gasteiger partial charge in [-0.05, 0) is 55.2 Å². The Morgan fingerprint density at radius 1 is 0.967 bits per heavy atom. The monoisotopic (exact) mass is 419 g/mol. The molecule has 6 heteroatoms. The van der Waals surface area contributed by atoms with Crippen LogP contribution in [0, 0.1) is 11.7 Å². The molecule has 5 rings (SSSR count). The number of rotatable bonds is 6. The quantitative estimate of drug-likeness (QED) is 0.553. The third kappa shape index (κ3) is 4.20. The normalized spacial score (nSPS) is 17.4. The van der Waals surface area contributed by atoms with Crippen LogP contribution < -0.4 is 4.90 Å². The van der Waals surface area contributed by atoms with Gasteiger partial charge in [0.1, 0.15) is 5.82 Å². The molecular formula is C24H29N5S. The fourth-order valence-corrected chi connectivity index (χ4v) is 4.53. The van der Waals surface area contributed by atoms with Gasteiger partial charge in [0.25, 0.3) is 0 Å². The number of hydrogen-bond acceptors (Lipinski definition) is 4. The number of anilines is 1. The highest BCUT2D eigenvalue weighted by atomic mass is 32.1. The van der Waals surface area contributed by atoms with E-state index in [-0.39, 0.29) is 0 Å². The third-order valence-corrected chi connectivity index (χ3v) is 6.58. The number of hydrogen-bond donors (Lipinski definition) is 0. The summed E-state index contributed by atoms with van der Waals surface area (Å²) in [6.07, 6.45) is 2.46. The van der Waals surface area contributed by atoms with Crippen LogP contribution in [0.4, 0.5) is 5.69 Å². The van der Waals surface area contributed by atoms with Crippen LogP contribution in [0.15, 0.2) is 54.6 Å². The van der Waals surface area contributed by atoms with E-state index in [1.54, 1.807) is 0 Å². The molecule has 1 aliphatic carbocycles. The number of aromatic nitrogens is 3. The van der Waals surface area contributed by atoms with Gasteiger partial charge in [-0.2, -0.15) is 5.10 Å². The van der Waals surface area contributed by atoms with E-state index < -0.39 is 0 Å². The molecule has 1 saturated carbocycles. The molecule has 2 heterocycles. The van der Waals surface area contributed by atoms with E-state index in [0.717, 1.165) is 44.2 Å². The Kier molecular flexibility index (Phi) is 5.44. The highest BCUT2D eigenvalue weighted by Crippen LogP contribution is 2.39. The molecule has 0 radical (unpaired) electrons. The second kappa shape index (κ2) is 8.36. The van der Waals surface area contributed by atoms with Crippen LogP contribution in [0.3, 0.4) is 0 Å². The summed E-state index contributed by atoms with van der Waals surface area (Å²) in [4.78, 5) is 4.95. The third-order valence-electron chi connectivity index (χ3n) is 6.15. The summed E-state index contributed by atoms with van der Waals surface area (Å²) >= 11 is 5.87. The Balaban J connectivity index is 1.29. The van der Waals surface area contributed by atoms with Gasteiger partial charge in [-0.3, -0.25) is 9.47 Å². The summed E-state index contributed by atoms with van der Waals surface area (Å²) in [5.74, 6) is 1.75. The summed E-state index contributed by atoms with van der Waals surface area (Å²) in [5, 5.41) is 4.97. The topological polar surface area (TPSA) is 29.2 Å². The van der Waals surface area contributed by atoms with Crippen LogP contribution in [0.2, 0.25) is 0 Å². The first kappa shape index (κ1) is 19.5. The summed E-state index contributed by atoms with van der Waals surface area (Å²) < 4.78 is 5.15. The van der Waals surface area contributed by atoms with E-state index in [1.807, 2.05) is 4.68 Å². The highest BCUT2D eigenvalue weighted by molar-refractivity contribution is 7.71. The molecule has 1 aromatic heterocycles. The zero-order chi connectivity index (χ0) is 20.5. The largest absolute Gasteiger partial charge is 0.369 e. The highest BCUT2D eigenvalue weighted by Gasteiger charge is 2.30. The summed E-state index contributed by atoms with van der Waals surface area (Å²) in [6.45, 7) is 7.88. The maximum absolute atomic E-state index is 5.87. The Bertz CT molecular complexity index is 1060. The summed E-state index contributed by atoms with van der Waals surface area (Å²) in [5.41, 5.74) is 3.93. The molecule has 156 valence electrons. The number of piperazine rings is 1.